The molecule has 3 heteroatoms. The van der Waals surface area contributed by atoms with Gasteiger partial charge in [-0.25, -0.2) is 4.98 Å². The minimum atomic E-state index is 0.238. The van der Waals surface area contributed by atoms with Gasteiger partial charge in [0.15, 0.2) is 5.13 Å². The van der Waals surface area contributed by atoms with Crippen LogP contribution in [0.5, 0.6) is 0 Å². The maximum absolute atomic E-state index is 4.76. The molecule has 0 saturated carbocycles. The first-order valence-corrected chi connectivity index (χ1v) is 8.94. The van der Waals surface area contributed by atoms with Crippen LogP contribution in [0.1, 0.15) is 18.5 Å². The molecular formula is C21H18N2S. The fourth-order valence-corrected chi connectivity index (χ4v) is 3.64. The van der Waals surface area contributed by atoms with Crippen molar-refractivity contribution in [3.8, 4) is 11.3 Å². The summed E-state index contributed by atoms with van der Waals surface area (Å²) in [5.74, 6) is 0. The summed E-state index contributed by atoms with van der Waals surface area (Å²) >= 11 is 1.65. The number of anilines is 1. The van der Waals surface area contributed by atoms with E-state index in [-0.39, 0.29) is 6.04 Å². The predicted octanol–water partition coefficient (Wildman–Crippen LogP) is 6.14. The van der Waals surface area contributed by atoms with Crippen molar-refractivity contribution in [1.82, 2.24) is 4.98 Å². The van der Waals surface area contributed by atoms with E-state index in [0.29, 0.717) is 0 Å². The lowest BCUT2D eigenvalue weighted by atomic mass is 10.1. The maximum atomic E-state index is 4.76. The molecule has 2 nitrogen and oxygen atoms in total. The molecule has 0 aliphatic carbocycles. The Labute approximate surface area is 145 Å². The van der Waals surface area contributed by atoms with E-state index < -0.39 is 0 Å². The molecule has 1 heterocycles. The lowest BCUT2D eigenvalue weighted by Crippen LogP contribution is -2.05. The van der Waals surface area contributed by atoms with E-state index in [1.165, 1.54) is 16.3 Å². The summed E-state index contributed by atoms with van der Waals surface area (Å²) in [4.78, 5) is 4.76. The number of fused-ring (bicyclic) bond motifs is 1. The smallest absolute Gasteiger partial charge is 0.183 e. The molecule has 4 aromatic rings. The molecule has 0 unspecified atom stereocenters. The summed E-state index contributed by atoms with van der Waals surface area (Å²) in [6.07, 6.45) is 0. The highest BCUT2D eigenvalue weighted by molar-refractivity contribution is 7.14. The van der Waals surface area contributed by atoms with Gasteiger partial charge in [-0.15, -0.1) is 11.3 Å². The number of benzene rings is 3. The van der Waals surface area contributed by atoms with E-state index in [1.807, 2.05) is 6.07 Å². The largest absolute Gasteiger partial charge is 0.355 e. The molecule has 0 saturated heterocycles. The van der Waals surface area contributed by atoms with E-state index in [0.717, 1.165) is 16.4 Å². The van der Waals surface area contributed by atoms with Gasteiger partial charge in [0.1, 0.15) is 0 Å². The first-order valence-electron chi connectivity index (χ1n) is 8.06. The average Bonchev–Trinajstić information content (AvgIpc) is 3.10. The molecule has 0 amide bonds. The second-order valence-corrected chi connectivity index (χ2v) is 6.73. The number of hydrogen-bond acceptors (Lipinski definition) is 3. The minimum absolute atomic E-state index is 0.238. The zero-order valence-electron chi connectivity index (χ0n) is 13.4. The number of thiazole rings is 1. The van der Waals surface area contributed by atoms with Crippen molar-refractivity contribution < 1.29 is 0 Å². The van der Waals surface area contributed by atoms with Gasteiger partial charge in [0.2, 0.25) is 0 Å². The quantitative estimate of drug-likeness (QED) is 0.486. The van der Waals surface area contributed by atoms with Crippen LogP contribution in [0.4, 0.5) is 5.13 Å². The number of nitrogens with one attached hydrogen (secondary N) is 1. The van der Waals surface area contributed by atoms with Crippen LogP contribution in [0, 0.1) is 0 Å². The highest BCUT2D eigenvalue weighted by Crippen LogP contribution is 2.29. The Morgan fingerprint density at radius 2 is 1.62 bits per heavy atom. The Balaban J connectivity index is 1.57. The summed E-state index contributed by atoms with van der Waals surface area (Å²) in [5.41, 5.74) is 3.44. The molecule has 0 spiro atoms. The van der Waals surface area contributed by atoms with Crippen molar-refractivity contribution in [2.75, 3.05) is 5.32 Å². The van der Waals surface area contributed by atoms with Crippen molar-refractivity contribution in [3.63, 3.8) is 0 Å². The Kier molecular flexibility index (Phi) is 4.01. The van der Waals surface area contributed by atoms with E-state index in [9.17, 15) is 0 Å². The molecule has 24 heavy (non-hydrogen) atoms. The third-order valence-electron chi connectivity index (χ3n) is 4.19. The van der Waals surface area contributed by atoms with Gasteiger partial charge >= 0.3 is 0 Å². The summed E-state index contributed by atoms with van der Waals surface area (Å²) in [6.45, 7) is 2.16. The molecule has 4 rings (SSSR count). The molecule has 118 valence electrons. The van der Waals surface area contributed by atoms with Gasteiger partial charge in [-0.05, 0) is 29.3 Å². The number of aromatic nitrogens is 1. The van der Waals surface area contributed by atoms with Gasteiger partial charge in [-0.1, -0.05) is 66.7 Å². The van der Waals surface area contributed by atoms with Crippen LogP contribution in [-0.2, 0) is 0 Å². The monoisotopic (exact) mass is 330 g/mol. The van der Waals surface area contributed by atoms with Crippen LogP contribution in [0.2, 0.25) is 0 Å². The SMILES string of the molecule is C[C@H](Nc1nc(-c2ccc3ccccc3c2)cs1)c1ccccc1. The van der Waals surface area contributed by atoms with Crippen molar-refractivity contribution in [1.29, 1.82) is 0 Å². The highest BCUT2D eigenvalue weighted by atomic mass is 32.1. The van der Waals surface area contributed by atoms with Gasteiger partial charge in [0.05, 0.1) is 11.7 Å². The molecule has 1 aromatic heterocycles. The molecule has 0 aliphatic heterocycles. The van der Waals surface area contributed by atoms with Gasteiger partial charge < -0.3 is 5.32 Å². The van der Waals surface area contributed by atoms with Crippen LogP contribution in [0.15, 0.2) is 78.2 Å². The number of hydrogen-bond donors (Lipinski definition) is 1. The standard InChI is InChI=1S/C21H18N2S/c1-15(16-7-3-2-4-8-16)22-21-23-20(14-24-21)19-12-11-17-9-5-6-10-18(17)13-19/h2-15H,1H3,(H,22,23)/t15-/m0/s1. The minimum Gasteiger partial charge on any atom is -0.355 e. The molecular weight excluding hydrogens is 312 g/mol. The summed E-state index contributed by atoms with van der Waals surface area (Å²) in [5, 5.41) is 9.06. The van der Waals surface area contributed by atoms with Gasteiger partial charge in [-0.2, -0.15) is 0 Å². The molecule has 1 N–H and O–H groups in total. The predicted molar refractivity (Wildman–Crippen MR) is 104 cm³/mol. The Hall–Kier alpha value is -2.65. The Morgan fingerprint density at radius 1 is 0.875 bits per heavy atom. The van der Waals surface area contributed by atoms with Crippen LogP contribution in [0.25, 0.3) is 22.0 Å². The van der Waals surface area contributed by atoms with Crippen LogP contribution < -0.4 is 5.32 Å². The molecule has 0 bridgehead atoms. The Bertz CT molecular complexity index is 960. The zero-order valence-corrected chi connectivity index (χ0v) is 14.3. The third kappa shape index (κ3) is 3.03. The number of nitrogens with zero attached hydrogens (tertiary/aromatic N) is 1. The van der Waals surface area contributed by atoms with Gasteiger partial charge in [0.25, 0.3) is 0 Å². The topological polar surface area (TPSA) is 24.9 Å². The van der Waals surface area contributed by atoms with Crippen LogP contribution >= 0.6 is 11.3 Å². The van der Waals surface area contributed by atoms with Crippen molar-refractivity contribution in [2.45, 2.75) is 13.0 Å². The second-order valence-electron chi connectivity index (χ2n) is 5.88. The lowest BCUT2D eigenvalue weighted by Gasteiger charge is -2.12. The van der Waals surface area contributed by atoms with Gasteiger partial charge in [0, 0.05) is 10.9 Å². The van der Waals surface area contributed by atoms with E-state index in [1.54, 1.807) is 11.3 Å². The summed E-state index contributed by atoms with van der Waals surface area (Å²) in [6, 6.07) is 25.6. The molecule has 0 fully saturated rings. The van der Waals surface area contributed by atoms with Crippen molar-refractivity contribution in [2.24, 2.45) is 0 Å². The fourth-order valence-electron chi connectivity index (χ4n) is 2.83. The van der Waals surface area contributed by atoms with Crippen LogP contribution in [-0.4, -0.2) is 4.98 Å². The van der Waals surface area contributed by atoms with Gasteiger partial charge in [-0.3, -0.25) is 0 Å². The third-order valence-corrected chi connectivity index (χ3v) is 4.96. The summed E-state index contributed by atoms with van der Waals surface area (Å²) < 4.78 is 0. The normalized spacial score (nSPS) is 12.2. The maximum Gasteiger partial charge on any atom is 0.183 e. The lowest BCUT2D eigenvalue weighted by molar-refractivity contribution is 0.882. The summed E-state index contributed by atoms with van der Waals surface area (Å²) in [7, 11) is 0. The average molecular weight is 330 g/mol. The first-order chi connectivity index (χ1) is 11.8. The van der Waals surface area contributed by atoms with E-state index >= 15 is 0 Å². The zero-order chi connectivity index (χ0) is 16.4. The molecule has 0 aliphatic rings. The Morgan fingerprint density at radius 3 is 2.46 bits per heavy atom. The molecule has 3 aromatic carbocycles. The van der Waals surface area contributed by atoms with E-state index in [2.05, 4.69) is 84.4 Å². The first kappa shape index (κ1) is 14.9. The van der Waals surface area contributed by atoms with Crippen LogP contribution in [0.3, 0.4) is 0 Å². The van der Waals surface area contributed by atoms with Crippen molar-refractivity contribution >= 4 is 27.2 Å². The molecule has 1 atom stereocenters. The highest BCUT2D eigenvalue weighted by Gasteiger charge is 2.09. The number of rotatable bonds is 4. The molecule has 0 radical (unpaired) electrons. The van der Waals surface area contributed by atoms with E-state index in [4.69, 9.17) is 4.98 Å². The fraction of sp³-hybridized carbons (Fsp3) is 0.0952. The second kappa shape index (κ2) is 6.46. The van der Waals surface area contributed by atoms with Crippen molar-refractivity contribution in [3.05, 3.63) is 83.7 Å².